The van der Waals surface area contributed by atoms with Crippen molar-refractivity contribution in [2.45, 2.75) is 25.3 Å². The molecule has 1 unspecified atom stereocenters. The van der Waals surface area contributed by atoms with Crippen LogP contribution in [-0.2, 0) is 4.79 Å². The Morgan fingerprint density at radius 1 is 1.62 bits per heavy atom. The molecular formula is C7H11N3O3. The van der Waals surface area contributed by atoms with Crippen LogP contribution in [0.25, 0.3) is 0 Å². The van der Waals surface area contributed by atoms with Crippen LogP contribution in [0.2, 0.25) is 0 Å². The number of nitrogens with zero attached hydrogens (tertiary/aromatic N) is 1. The highest BCUT2D eigenvalue weighted by molar-refractivity contribution is 5.81. The molecule has 0 saturated carbocycles. The second-order valence-corrected chi connectivity index (χ2v) is 2.45. The van der Waals surface area contributed by atoms with Crippen LogP contribution >= 0.6 is 0 Å². The number of hydrogen-bond acceptors (Lipinski definition) is 3. The number of nitrogens with one attached hydrogen (secondary N) is 1. The third-order valence-corrected chi connectivity index (χ3v) is 1.40. The highest BCUT2D eigenvalue weighted by Gasteiger charge is 2.17. The van der Waals surface area contributed by atoms with Gasteiger partial charge in [0.25, 0.3) is 0 Å². The summed E-state index contributed by atoms with van der Waals surface area (Å²) in [4.78, 5) is 20.8. The molecule has 0 aliphatic heterocycles. The van der Waals surface area contributed by atoms with Gasteiger partial charge in [0.2, 0.25) is 0 Å². The zero-order chi connectivity index (χ0) is 10.3. The van der Waals surface area contributed by atoms with Crippen LogP contribution in [0.4, 0.5) is 4.79 Å². The van der Waals surface area contributed by atoms with Crippen molar-refractivity contribution in [3.8, 4) is 6.07 Å². The number of carboxylic acid groups (broad SMARTS) is 1. The highest BCUT2D eigenvalue weighted by atomic mass is 16.4. The van der Waals surface area contributed by atoms with E-state index in [0.717, 1.165) is 0 Å². The normalized spacial score (nSPS) is 11.3. The highest BCUT2D eigenvalue weighted by Crippen LogP contribution is 2.00. The number of nitrogens with two attached hydrogens (primary N) is 1. The monoisotopic (exact) mass is 185 g/mol. The minimum atomic E-state index is -1.14. The van der Waals surface area contributed by atoms with Gasteiger partial charge in [0.05, 0.1) is 6.07 Å². The summed E-state index contributed by atoms with van der Waals surface area (Å²) in [7, 11) is 0. The maximum absolute atomic E-state index is 10.5. The Bertz CT molecular complexity index is 234. The summed E-state index contributed by atoms with van der Waals surface area (Å²) in [5.74, 6) is -1.14. The molecule has 0 bridgehead atoms. The average molecular weight is 185 g/mol. The molecule has 0 aromatic heterocycles. The van der Waals surface area contributed by atoms with Gasteiger partial charge in [-0.05, 0) is 12.8 Å². The van der Waals surface area contributed by atoms with E-state index >= 15 is 0 Å². The second kappa shape index (κ2) is 5.83. The molecule has 6 heteroatoms. The van der Waals surface area contributed by atoms with Gasteiger partial charge in [0.15, 0.2) is 0 Å². The van der Waals surface area contributed by atoms with E-state index < -0.39 is 18.0 Å². The summed E-state index contributed by atoms with van der Waals surface area (Å²) in [5.41, 5.74) is 4.76. The number of carbonyl (C=O) groups excluding carboxylic acids is 1. The van der Waals surface area contributed by atoms with Crippen molar-refractivity contribution >= 4 is 12.0 Å². The molecular weight excluding hydrogens is 174 g/mol. The largest absolute Gasteiger partial charge is 0.480 e. The molecule has 0 rings (SSSR count). The smallest absolute Gasteiger partial charge is 0.326 e. The molecule has 0 spiro atoms. The molecule has 6 nitrogen and oxygen atoms in total. The van der Waals surface area contributed by atoms with Crippen LogP contribution in [0, 0.1) is 11.3 Å². The lowest BCUT2D eigenvalue weighted by Gasteiger charge is -2.10. The molecule has 0 aliphatic rings. The molecule has 0 heterocycles. The predicted molar refractivity (Wildman–Crippen MR) is 43.6 cm³/mol. The first-order valence-electron chi connectivity index (χ1n) is 3.73. The number of unbranched alkanes of at least 4 members (excludes halogenated alkanes) is 1. The van der Waals surface area contributed by atoms with Crippen LogP contribution in [0.5, 0.6) is 0 Å². The molecule has 1 atom stereocenters. The number of aliphatic carboxylic acids is 1. The zero-order valence-electron chi connectivity index (χ0n) is 6.99. The van der Waals surface area contributed by atoms with Gasteiger partial charge in [-0.15, -0.1) is 0 Å². The Balaban J connectivity index is 3.89. The van der Waals surface area contributed by atoms with Crippen molar-refractivity contribution in [3.05, 3.63) is 0 Å². The number of amides is 2. The van der Waals surface area contributed by atoms with Gasteiger partial charge in [0.1, 0.15) is 6.04 Å². The summed E-state index contributed by atoms with van der Waals surface area (Å²) < 4.78 is 0. The third-order valence-electron chi connectivity index (χ3n) is 1.40. The van der Waals surface area contributed by atoms with E-state index in [1.807, 2.05) is 6.07 Å². The van der Waals surface area contributed by atoms with Crippen LogP contribution in [0.1, 0.15) is 19.3 Å². The first-order valence-corrected chi connectivity index (χ1v) is 3.73. The molecule has 4 N–H and O–H groups in total. The molecule has 0 aliphatic carbocycles. The fourth-order valence-corrected chi connectivity index (χ4v) is 0.814. The van der Waals surface area contributed by atoms with Crippen molar-refractivity contribution in [2.24, 2.45) is 5.73 Å². The Morgan fingerprint density at radius 2 is 2.23 bits per heavy atom. The van der Waals surface area contributed by atoms with E-state index in [1.165, 1.54) is 0 Å². The van der Waals surface area contributed by atoms with E-state index in [9.17, 15) is 9.59 Å². The Morgan fingerprint density at radius 3 is 2.62 bits per heavy atom. The molecule has 13 heavy (non-hydrogen) atoms. The minimum absolute atomic E-state index is 0.214. The van der Waals surface area contributed by atoms with Gasteiger partial charge in [0, 0.05) is 6.42 Å². The number of primary amides is 1. The summed E-state index contributed by atoms with van der Waals surface area (Å²) >= 11 is 0. The van der Waals surface area contributed by atoms with E-state index in [2.05, 4.69) is 5.32 Å². The lowest BCUT2D eigenvalue weighted by atomic mass is 10.1. The molecule has 72 valence electrons. The Kier molecular flexibility index (Phi) is 5.03. The van der Waals surface area contributed by atoms with E-state index in [1.54, 1.807) is 0 Å². The van der Waals surface area contributed by atoms with Crippen molar-refractivity contribution < 1.29 is 14.7 Å². The molecule has 0 aromatic carbocycles. The molecule has 0 radical (unpaired) electrons. The van der Waals surface area contributed by atoms with Crippen LogP contribution < -0.4 is 11.1 Å². The SMILES string of the molecule is N#CCCCC(NC(N)=O)C(=O)O. The predicted octanol–water partition coefficient (Wildman–Crippen LogP) is -0.198. The fraction of sp³-hybridized carbons (Fsp3) is 0.571. The maximum atomic E-state index is 10.5. The first kappa shape index (κ1) is 11.2. The first-order chi connectivity index (χ1) is 6.07. The van der Waals surface area contributed by atoms with Crippen molar-refractivity contribution in [2.75, 3.05) is 0 Å². The topological polar surface area (TPSA) is 116 Å². The summed E-state index contributed by atoms with van der Waals surface area (Å²) in [6.45, 7) is 0. The van der Waals surface area contributed by atoms with Gasteiger partial charge < -0.3 is 16.2 Å². The van der Waals surface area contributed by atoms with Crippen LogP contribution in [0.15, 0.2) is 0 Å². The van der Waals surface area contributed by atoms with Crippen LogP contribution in [0.3, 0.4) is 0 Å². The van der Waals surface area contributed by atoms with Gasteiger partial charge in [-0.25, -0.2) is 9.59 Å². The number of carbonyl (C=O) groups is 2. The van der Waals surface area contributed by atoms with E-state index in [-0.39, 0.29) is 12.8 Å². The average Bonchev–Trinajstić information content (AvgIpc) is 2.02. The number of hydrogen-bond donors (Lipinski definition) is 3. The van der Waals surface area contributed by atoms with Gasteiger partial charge >= 0.3 is 12.0 Å². The van der Waals surface area contributed by atoms with E-state index in [4.69, 9.17) is 16.1 Å². The van der Waals surface area contributed by atoms with Gasteiger partial charge in [-0.3, -0.25) is 0 Å². The standard InChI is InChI=1S/C7H11N3O3/c8-4-2-1-3-5(6(11)12)10-7(9)13/h5H,1-3H2,(H,11,12)(H3,9,10,13). The third kappa shape index (κ3) is 5.49. The van der Waals surface area contributed by atoms with E-state index in [0.29, 0.717) is 6.42 Å². The Hall–Kier alpha value is -1.77. The van der Waals surface area contributed by atoms with Crippen molar-refractivity contribution in [1.29, 1.82) is 5.26 Å². The number of carboxylic acids is 1. The molecule has 0 fully saturated rings. The minimum Gasteiger partial charge on any atom is -0.480 e. The number of urea groups is 1. The molecule has 2 amide bonds. The maximum Gasteiger partial charge on any atom is 0.326 e. The quantitative estimate of drug-likeness (QED) is 0.514. The van der Waals surface area contributed by atoms with Gasteiger partial charge in [-0.2, -0.15) is 5.26 Å². The molecule has 0 aromatic rings. The number of rotatable bonds is 5. The van der Waals surface area contributed by atoms with Gasteiger partial charge in [-0.1, -0.05) is 0 Å². The second-order valence-electron chi connectivity index (χ2n) is 2.45. The Labute approximate surface area is 75.3 Å². The fourth-order valence-electron chi connectivity index (χ4n) is 0.814. The zero-order valence-corrected chi connectivity index (χ0v) is 6.99. The lowest BCUT2D eigenvalue weighted by molar-refractivity contribution is -0.139. The number of nitriles is 1. The lowest BCUT2D eigenvalue weighted by Crippen LogP contribution is -2.43. The van der Waals surface area contributed by atoms with Crippen LogP contribution in [-0.4, -0.2) is 23.1 Å². The summed E-state index contributed by atoms with van der Waals surface area (Å²) in [6, 6.07) is 0.0129. The molecule has 0 saturated heterocycles. The summed E-state index contributed by atoms with van der Waals surface area (Å²) in [6.07, 6.45) is 0.907. The van der Waals surface area contributed by atoms with Crippen molar-refractivity contribution in [3.63, 3.8) is 0 Å². The van der Waals surface area contributed by atoms with Crippen molar-refractivity contribution in [1.82, 2.24) is 5.32 Å². The summed E-state index contributed by atoms with van der Waals surface area (Å²) in [5, 5.41) is 18.8.